The molecule has 1 aliphatic rings. The van der Waals surface area contributed by atoms with Gasteiger partial charge in [0.1, 0.15) is 11.9 Å². The molecule has 3 aromatic rings. The zero-order valence-corrected chi connectivity index (χ0v) is 16.0. The van der Waals surface area contributed by atoms with Crippen molar-refractivity contribution in [2.75, 3.05) is 13.7 Å². The second-order valence-electron chi connectivity index (χ2n) is 6.83. The molecular weight excluding hydrogens is 364 g/mol. The molecule has 4 rings (SSSR count). The van der Waals surface area contributed by atoms with E-state index in [4.69, 9.17) is 21.1 Å². The molecule has 1 amide bonds. The number of methoxy groups -OCH3 is 1. The SMILES string of the molecule is COc1cccc2c(C[C@H](C)N3C[C@@H](c4cccc(Cl)c4)OC3=O)c[nH]c12. The van der Waals surface area contributed by atoms with Crippen molar-refractivity contribution in [3.8, 4) is 5.75 Å². The van der Waals surface area contributed by atoms with Gasteiger partial charge in [-0.05, 0) is 42.7 Å². The van der Waals surface area contributed by atoms with Crippen LogP contribution in [0.2, 0.25) is 5.02 Å². The first kappa shape index (κ1) is 17.7. The van der Waals surface area contributed by atoms with Gasteiger partial charge in [-0.15, -0.1) is 0 Å². The van der Waals surface area contributed by atoms with Crippen LogP contribution in [-0.4, -0.2) is 35.7 Å². The molecule has 0 radical (unpaired) electrons. The molecule has 27 heavy (non-hydrogen) atoms. The molecule has 2 aromatic carbocycles. The first-order valence-corrected chi connectivity index (χ1v) is 9.30. The van der Waals surface area contributed by atoms with Gasteiger partial charge in [0, 0.05) is 22.6 Å². The molecule has 2 heterocycles. The molecule has 1 saturated heterocycles. The normalized spacial score (nSPS) is 18.0. The number of H-pyrrole nitrogens is 1. The summed E-state index contributed by atoms with van der Waals surface area (Å²) in [6.07, 6.45) is 2.14. The Bertz CT molecular complexity index is 984. The first-order chi connectivity index (χ1) is 13.1. The Hall–Kier alpha value is -2.66. The van der Waals surface area contributed by atoms with Gasteiger partial charge in [-0.1, -0.05) is 35.9 Å². The standard InChI is InChI=1S/C21H21ClN2O3/c1-13(9-15-11-23-20-17(15)7-4-8-18(20)26-2)24-12-19(27-21(24)25)14-5-3-6-16(22)10-14/h3-8,10-11,13,19,23H,9,12H2,1-2H3/t13-,19-/m0/s1. The number of fused-ring (bicyclic) bond motifs is 1. The molecule has 5 nitrogen and oxygen atoms in total. The minimum absolute atomic E-state index is 0.00638. The Morgan fingerprint density at radius 1 is 1.33 bits per heavy atom. The molecule has 0 saturated carbocycles. The number of halogens is 1. The van der Waals surface area contributed by atoms with E-state index in [2.05, 4.69) is 11.1 Å². The molecule has 140 valence electrons. The minimum Gasteiger partial charge on any atom is -0.495 e. The summed E-state index contributed by atoms with van der Waals surface area (Å²) >= 11 is 6.07. The Labute approximate surface area is 162 Å². The lowest BCUT2D eigenvalue weighted by Crippen LogP contribution is -2.35. The van der Waals surface area contributed by atoms with E-state index < -0.39 is 0 Å². The second kappa shape index (κ2) is 7.16. The first-order valence-electron chi connectivity index (χ1n) is 8.92. The smallest absolute Gasteiger partial charge is 0.410 e. The maximum Gasteiger partial charge on any atom is 0.410 e. The number of nitrogens with zero attached hydrogens (tertiary/aromatic N) is 1. The fraction of sp³-hybridized carbons (Fsp3) is 0.286. The predicted octanol–water partition coefficient (Wildman–Crippen LogP) is 4.95. The third-order valence-electron chi connectivity index (χ3n) is 5.09. The molecule has 0 aliphatic carbocycles. The highest BCUT2D eigenvalue weighted by Gasteiger charge is 2.35. The maximum atomic E-state index is 12.4. The van der Waals surface area contributed by atoms with Gasteiger partial charge in [0.2, 0.25) is 0 Å². The molecule has 0 bridgehead atoms. The van der Waals surface area contributed by atoms with Crippen molar-refractivity contribution >= 4 is 28.6 Å². The van der Waals surface area contributed by atoms with Crippen molar-refractivity contribution in [1.82, 2.24) is 9.88 Å². The summed E-state index contributed by atoms with van der Waals surface area (Å²) < 4.78 is 11.0. The Morgan fingerprint density at radius 2 is 2.15 bits per heavy atom. The molecule has 1 aromatic heterocycles. The van der Waals surface area contributed by atoms with Crippen molar-refractivity contribution in [2.45, 2.75) is 25.5 Å². The predicted molar refractivity (Wildman–Crippen MR) is 105 cm³/mol. The van der Waals surface area contributed by atoms with Gasteiger partial charge >= 0.3 is 6.09 Å². The maximum absolute atomic E-state index is 12.4. The van der Waals surface area contributed by atoms with E-state index in [0.717, 1.165) is 34.2 Å². The number of ether oxygens (including phenoxy) is 2. The van der Waals surface area contributed by atoms with Gasteiger partial charge in [0.15, 0.2) is 0 Å². The second-order valence-corrected chi connectivity index (χ2v) is 7.27. The van der Waals surface area contributed by atoms with Crippen LogP contribution in [0.25, 0.3) is 10.9 Å². The summed E-state index contributed by atoms with van der Waals surface area (Å²) in [7, 11) is 1.66. The van der Waals surface area contributed by atoms with E-state index in [9.17, 15) is 4.79 Å². The summed E-state index contributed by atoms with van der Waals surface area (Å²) in [4.78, 5) is 17.5. The fourth-order valence-electron chi connectivity index (χ4n) is 3.67. The van der Waals surface area contributed by atoms with Gasteiger partial charge in [-0.25, -0.2) is 4.79 Å². The summed E-state index contributed by atoms with van der Waals surface area (Å²) in [5.74, 6) is 0.813. The van der Waals surface area contributed by atoms with Crippen molar-refractivity contribution in [2.24, 2.45) is 0 Å². The minimum atomic E-state index is -0.290. The molecule has 1 fully saturated rings. The summed E-state index contributed by atoms with van der Waals surface area (Å²) in [5, 5.41) is 1.75. The summed E-state index contributed by atoms with van der Waals surface area (Å²) in [6.45, 7) is 2.56. The summed E-state index contributed by atoms with van der Waals surface area (Å²) in [5.41, 5.74) is 3.04. The van der Waals surface area contributed by atoms with E-state index in [1.54, 1.807) is 12.0 Å². The molecule has 0 unspecified atom stereocenters. The highest BCUT2D eigenvalue weighted by Crippen LogP contribution is 2.32. The lowest BCUT2D eigenvalue weighted by Gasteiger charge is -2.21. The van der Waals surface area contributed by atoms with Gasteiger partial charge in [-0.3, -0.25) is 0 Å². The third-order valence-corrected chi connectivity index (χ3v) is 5.33. The van der Waals surface area contributed by atoms with E-state index in [1.807, 2.05) is 49.5 Å². The van der Waals surface area contributed by atoms with Crippen LogP contribution >= 0.6 is 11.6 Å². The lowest BCUT2D eigenvalue weighted by molar-refractivity contribution is 0.129. The number of rotatable bonds is 5. The van der Waals surface area contributed by atoms with E-state index in [0.29, 0.717) is 11.6 Å². The van der Waals surface area contributed by atoms with E-state index >= 15 is 0 Å². The van der Waals surface area contributed by atoms with Crippen molar-refractivity contribution < 1.29 is 14.3 Å². The quantitative estimate of drug-likeness (QED) is 0.676. The lowest BCUT2D eigenvalue weighted by atomic mass is 10.0. The van der Waals surface area contributed by atoms with Crippen LogP contribution < -0.4 is 4.74 Å². The van der Waals surface area contributed by atoms with Gasteiger partial charge in [-0.2, -0.15) is 0 Å². The zero-order chi connectivity index (χ0) is 19.0. The number of cyclic esters (lactones) is 1. The topological polar surface area (TPSA) is 54.6 Å². The van der Waals surface area contributed by atoms with E-state index in [-0.39, 0.29) is 18.2 Å². The number of aromatic amines is 1. The Balaban J connectivity index is 1.52. The molecule has 1 aliphatic heterocycles. The number of carbonyl (C=O) groups excluding carboxylic acids is 1. The Morgan fingerprint density at radius 3 is 2.93 bits per heavy atom. The third kappa shape index (κ3) is 3.35. The van der Waals surface area contributed by atoms with Crippen LogP contribution in [0.5, 0.6) is 5.75 Å². The molecule has 6 heteroatoms. The average Bonchev–Trinajstić information content (AvgIpc) is 3.25. The van der Waals surface area contributed by atoms with Crippen molar-refractivity contribution in [3.05, 3.63) is 64.8 Å². The monoisotopic (exact) mass is 384 g/mol. The number of aromatic nitrogens is 1. The zero-order valence-electron chi connectivity index (χ0n) is 15.2. The van der Waals surface area contributed by atoms with Crippen molar-refractivity contribution in [3.63, 3.8) is 0 Å². The fourth-order valence-corrected chi connectivity index (χ4v) is 3.87. The molecule has 1 N–H and O–H groups in total. The van der Waals surface area contributed by atoms with Crippen LogP contribution in [0.3, 0.4) is 0 Å². The summed E-state index contributed by atoms with van der Waals surface area (Å²) in [6, 6.07) is 13.4. The highest BCUT2D eigenvalue weighted by atomic mass is 35.5. The number of nitrogens with one attached hydrogen (secondary N) is 1. The van der Waals surface area contributed by atoms with Crippen LogP contribution in [0, 0.1) is 0 Å². The molecular formula is C21H21ClN2O3. The number of carbonyl (C=O) groups is 1. The van der Waals surface area contributed by atoms with Gasteiger partial charge in [0.25, 0.3) is 0 Å². The number of amides is 1. The average molecular weight is 385 g/mol. The number of benzene rings is 2. The number of hydrogen-bond acceptors (Lipinski definition) is 3. The molecule has 2 atom stereocenters. The van der Waals surface area contributed by atoms with Crippen LogP contribution in [-0.2, 0) is 11.2 Å². The van der Waals surface area contributed by atoms with Gasteiger partial charge in [0.05, 0.1) is 19.2 Å². The number of para-hydroxylation sites is 1. The largest absolute Gasteiger partial charge is 0.495 e. The number of hydrogen-bond donors (Lipinski definition) is 1. The van der Waals surface area contributed by atoms with Crippen LogP contribution in [0.1, 0.15) is 24.2 Å². The van der Waals surface area contributed by atoms with Crippen molar-refractivity contribution in [1.29, 1.82) is 0 Å². The van der Waals surface area contributed by atoms with Crippen LogP contribution in [0.15, 0.2) is 48.7 Å². The van der Waals surface area contributed by atoms with Crippen LogP contribution in [0.4, 0.5) is 4.79 Å². The van der Waals surface area contributed by atoms with Gasteiger partial charge < -0.3 is 19.4 Å². The molecule has 0 spiro atoms. The Kier molecular flexibility index (Phi) is 4.70. The highest BCUT2D eigenvalue weighted by molar-refractivity contribution is 6.30. The van der Waals surface area contributed by atoms with E-state index in [1.165, 1.54) is 0 Å².